The van der Waals surface area contributed by atoms with E-state index in [0.29, 0.717) is 5.92 Å². The molecule has 4 heteroatoms. The second-order valence-corrected chi connectivity index (χ2v) is 6.13. The summed E-state index contributed by atoms with van der Waals surface area (Å²) in [7, 11) is 4.12. The highest BCUT2D eigenvalue weighted by molar-refractivity contribution is 5.45. The third kappa shape index (κ3) is 4.90. The van der Waals surface area contributed by atoms with E-state index >= 15 is 0 Å². The van der Waals surface area contributed by atoms with E-state index in [2.05, 4.69) is 73.7 Å². The molecule has 0 spiro atoms. The smallest absolute Gasteiger partial charge is 0.0534 e. The molecule has 0 fully saturated rings. The molecule has 0 amide bonds. The maximum atomic E-state index is 4.38. The minimum atomic E-state index is 0.626. The number of anilines is 1. The van der Waals surface area contributed by atoms with Crippen LogP contribution in [-0.2, 0) is 19.6 Å². The summed E-state index contributed by atoms with van der Waals surface area (Å²) in [5, 5.41) is 7.85. The van der Waals surface area contributed by atoms with Crippen LogP contribution in [0.2, 0.25) is 0 Å². The Labute approximate surface area is 127 Å². The van der Waals surface area contributed by atoms with Gasteiger partial charge in [-0.1, -0.05) is 26.0 Å². The Hall–Kier alpha value is -1.81. The van der Waals surface area contributed by atoms with E-state index in [-0.39, 0.29) is 0 Å². The van der Waals surface area contributed by atoms with E-state index < -0.39 is 0 Å². The van der Waals surface area contributed by atoms with Crippen LogP contribution in [0.4, 0.5) is 5.69 Å². The zero-order valence-electron chi connectivity index (χ0n) is 13.5. The molecule has 2 rings (SSSR count). The molecule has 0 aliphatic carbocycles. The van der Waals surface area contributed by atoms with Crippen LogP contribution >= 0.6 is 0 Å². The Morgan fingerprint density at radius 3 is 2.38 bits per heavy atom. The van der Waals surface area contributed by atoms with E-state index in [9.17, 15) is 0 Å². The summed E-state index contributed by atoms with van der Waals surface area (Å²) in [6, 6.07) is 8.64. The minimum Gasteiger partial charge on any atom is -0.378 e. The molecule has 1 aromatic carbocycles. The van der Waals surface area contributed by atoms with E-state index in [1.54, 1.807) is 0 Å². The molecule has 1 aromatic heterocycles. The van der Waals surface area contributed by atoms with Gasteiger partial charge in [-0.05, 0) is 23.6 Å². The van der Waals surface area contributed by atoms with Gasteiger partial charge in [-0.3, -0.25) is 4.68 Å². The zero-order valence-corrected chi connectivity index (χ0v) is 13.5. The molecule has 1 heterocycles. The molecule has 0 radical (unpaired) electrons. The average molecular weight is 286 g/mol. The maximum Gasteiger partial charge on any atom is 0.0534 e. The lowest BCUT2D eigenvalue weighted by Crippen LogP contribution is -2.13. The second-order valence-electron chi connectivity index (χ2n) is 6.13. The highest BCUT2D eigenvalue weighted by atomic mass is 15.3. The lowest BCUT2D eigenvalue weighted by atomic mass is 10.2. The van der Waals surface area contributed by atoms with Crippen molar-refractivity contribution in [2.45, 2.75) is 33.5 Å². The molecule has 0 aliphatic heterocycles. The lowest BCUT2D eigenvalue weighted by Gasteiger charge is -2.12. The summed E-state index contributed by atoms with van der Waals surface area (Å²) in [5.41, 5.74) is 3.77. The number of aromatic nitrogens is 2. The largest absolute Gasteiger partial charge is 0.378 e. The summed E-state index contributed by atoms with van der Waals surface area (Å²) in [5.74, 6) is 0.626. The van der Waals surface area contributed by atoms with Gasteiger partial charge in [0, 0.05) is 51.2 Å². The van der Waals surface area contributed by atoms with Gasteiger partial charge in [0.1, 0.15) is 0 Å². The van der Waals surface area contributed by atoms with Crippen LogP contribution < -0.4 is 10.2 Å². The van der Waals surface area contributed by atoms with Crippen LogP contribution in [0, 0.1) is 5.92 Å². The fourth-order valence-electron chi connectivity index (χ4n) is 2.23. The standard InChI is InChI=1S/C17H26N4/c1-14(2)12-21-13-16(11-19-21)10-18-9-15-5-7-17(8-6-15)20(3)4/h5-8,11,13-14,18H,9-10,12H2,1-4H3. The highest BCUT2D eigenvalue weighted by Gasteiger charge is 2.01. The number of nitrogens with one attached hydrogen (secondary N) is 1. The first-order chi connectivity index (χ1) is 10.0. The molecule has 0 atom stereocenters. The predicted molar refractivity (Wildman–Crippen MR) is 88.4 cm³/mol. The molecular formula is C17H26N4. The summed E-state index contributed by atoms with van der Waals surface area (Å²) in [4.78, 5) is 2.11. The predicted octanol–water partition coefficient (Wildman–Crippen LogP) is 2.89. The molecule has 0 aliphatic rings. The maximum absolute atomic E-state index is 4.38. The van der Waals surface area contributed by atoms with E-state index in [4.69, 9.17) is 0 Å². The van der Waals surface area contributed by atoms with Crippen LogP contribution in [0.5, 0.6) is 0 Å². The Bertz CT molecular complexity index is 540. The zero-order chi connectivity index (χ0) is 15.2. The van der Waals surface area contributed by atoms with Crippen molar-refractivity contribution in [3.63, 3.8) is 0 Å². The molecule has 114 valence electrons. The third-order valence-corrected chi connectivity index (χ3v) is 3.35. The first-order valence-corrected chi connectivity index (χ1v) is 7.53. The molecule has 0 saturated heterocycles. The Morgan fingerprint density at radius 2 is 1.76 bits per heavy atom. The van der Waals surface area contributed by atoms with Crippen LogP contribution in [0.15, 0.2) is 36.7 Å². The van der Waals surface area contributed by atoms with Crippen molar-refractivity contribution < 1.29 is 0 Å². The molecule has 21 heavy (non-hydrogen) atoms. The van der Waals surface area contributed by atoms with Gasteiger partial charge in [0.15, 0.2) is 0 Å². The fraction of sp³-hybridized carbons (Fsp3) is 0.471. The molecular weight excluding hydrogens is 260 g/mol. The van der Waals surface area contributed by atoms with Gasteiger partial charge in [0.2, 0.25) is 0 Å². The number of hydrogen-bond acceptors (Lipinski definition) is 3. The normalized spacial score (nSPS) is 11.1. The molecule has 2 aromatic rings. The molecule has 0 saturated carbocycles. The van der Waals surface area contributed by atoms with Crippen molar-refractivity contribution >= 4 is 5.69 Å². The third-order valence-electron chi connectivity index (χ3n) is 3.35. The van der Waals surface area contributed by atoms with Crippen molar-refractivity contribution in [2.24, 2.45) is 5.92 Å². The monoisotopic (exact) mass is 286 g/mol. The topological polar surface area (TPSA) is 33.1 Å². The first-order valence-electron chi connectivity index (χ1n) is 7.53. The molecule has 4 nitrogen and oxygen atoms in total. The molecule has 0 bridgehead atoms. The Balaban J connectivity index is 1.79. The van der Waals surface area contributed by atoms with Gasteiger partial charge in [-0.25, -0.2) is 0 Å². The van der Waals surface area contributed by atoms with E-state index in [0.717, 1.165) is 19.6 Å². The fourth-order valence-corrected chi connectivity index (χ4v) is 2.23. The van der Waals surface area contributed by atoms with Crippen molar-refractivity contribution in [3.05, 3.63) is 47.8 Å². The van der Waals surface area contributed by atoms with Gasteiger partial charge in [-0.2, -0.15) is 5.10 Å². The molecule has 0 unspecified atom stereocenters. The Morgan fingerprint density at radius 1 is 1.10 bits per heavy atom. The van der Waals surface area contributed by atoms with Crippen molar-refractivity contribution in [3.8, 4) is 0 Å². The van der Waals surface area contributed by atoms with Crippen molar-refractivity contribution in [2.75, 3.05) is 19.0 Å². The Kier molecular flexibility index (Phi) is 5.39. The first kappa shape index (κ1) is 15.6. The van der Waals surface area contributed by atoms with Crippen LogP contribution in [0.3, 0.4) is 0 Å². The summed E-state index contributed by atoms with van der Waals surface area (Å²) >= 11 is 0. The summed E-state index contributed by atoms with van der Waals surface area (Å²) in [6.07, 6.45) is 4.08. The lowest BCUT2D eigenvalue weighted by molar-refractivity contribution is 0.482. The van der Waals surface area contributed by atoms with Gasteiger partial charge in [0.05, 0.1) is 6.20 Å². The molecule has 1 N–H and O–H groups in total. The summed E-state index contributed by atoms with van der Waals surface area (Å²) < 4.78 is 2.02. The van der Waals surface area contributed by atoms with Crippen LogP contribution in [0.1, 0.15) is 25.0 Å². The minimum absolute atomic E-state index is 0.626. The summed E-state index contributed by atoms with van der Waals surface area (Å²) in [6.45, 7) is 7.12. The van der Waals surface area contributed by atoms with Crippen molar-refractivity contribution in [1.82, 2.24) is 15.1 Å². The van der Waals surface area contributed by atoms with Crippen LogP contribution in [0.25, 0.3) is 0 Å². The number of hydrogen-bond donors (Lipinski definition) is 1. The van der Waals surface area contributed by atoms with Gasteiger partial charge in [-0.15, -0.1) is 0 Å². The van der Waals surface area contributed by atoms with Crippen LogP contribution in [-0.4, -0.2) is 23.9 Å². The second kappa shape index (κ2) is 7.27. The van der Waals surface area contributed by atoms with E-state index in [1.165, 1.54) is 16.8 Å². The number of benzene rings is 1. The number of rotatable bonds is 7. The highest BCUT2D eigenvalue weighted by Crippen LogP contribution is 2.12. The van der Waals surface area contributed by atoms with Gasteiger partial charge in [0.25, 0.3) is 0 Å². The average Bonchev–Trinajstić information content (AvgIpc) is 2.86. The quantitative estimate of drug-likeness (QED) is 0.849. The SMILES string of the molecule is CC(C)Cn1cc(CNCc2ccc(N(C)C)cc2)cn1. The number of nitrogens with zero attached hydrogens (tertiary/aromatic N) is 3. The van der Waals surface area contributed by atoms with Gasteiger partial charge < -0.3 is 10.2 Å². The van der Waals surface area contributed by atoms with E-state index in [1.807, 2.05) is 10.9 Å². The van der Waals surface area contributed by atoms with Gasteiger partial charge >= 0.3 is 0 Å². The van der Waals surface area contributed by atoms with Crippen molar-refractivity contribution in [1.29, 1.82) is 0 Å².